The number of hydrogen-bond donors (Lipinski definition) is 1. The van der Waals surface area contributed by atoms with Crippen molar-refractivity contribution in [1.82, 2.24) is 0 Å². The van der Waals surface area contributed by atoms with Gasteiger partial charge in [0, 0.05) is 5.69 Å². The van der Waals surface area contributed by atoms with E-state index in [4.69, 9.17) is 19.6 Å². The highest BCUT2D eigenvalue weighted by atomic mass is 19.1. The standard InChI is InChI=1S/C26H19FN2O6/c1-33-17-9-5-16(6-10-17)29-23(14-2-7-18(8-3-14)34-13-21(28)30)22-24(31)19-12-15(27)4-11-20(19)35-25(22)26(29)32/h2-12,23H,13H2,1H3,(H2,28,30). The number of primary amides is 1. The first-order chi connectivity index (χ1) is 16.9. The van der Waals surface area contributed by atoms with Gasteiger partial charge in [-0.1, -0.05) is 12.1 Å². The van der Waals surface area contributed by atoms with Crippen LogP contribution in [0.1, 0.15) is 27.7 Å². The molecule has 0 radical (unpaired) electrons. The van der Waals surface area contributed by atoms with E-state index in [9.17, 15) is 18.8 Å². The third kappa shape index (κ3) is 3.86. The van der Waals surface area contributed by atoms with Crippen LogP contribution in [0.4, 0.5) is 10.1 Å². The zero-order valence-corrected chi connectivity index (χ0v) is 18.5. The normalized spacial score (nSPS) is 14.7. The lowest BCUT2D eigenvalue weighted by Crippen LogP contribution is -2.29. The quantitative estimate of drug-likeness (QED) is 0.457. The molecule has 2 N–H and O–H groups in total. The SMILES string of the molecule is COc1ccc(N2C(=O)c3oc4ccc(F)cc4c(=O)c3C2c2ccc(OCC(N)=O)cc2)cc1. The van der Waals surface area contributed by atoms with Crippen molar-refractivity contribution in [3.8, 4) is 11.5 Å². The van der Waals surface area contributed by atoms with Gasteiger partial charge in [-0.05, 0) is 60.2 Å². The number of fused-ring (bicyclic) bond motifs is 2. The Bertz CT molecular complexity index is 1510. The lowest BCUT2D eigenvalue weighted by atomic mass is 9.98. The van der Waals surface area contributed by atoms with Crippen molar-refractivity contribution in [3.63, 3.8) is 0 Å². The van der Waals surface area contributed by atoms with Gasteiger partial charge < -0.3 is 19.6 Å². The Morgan fingerprint density at radius 3 is 2.37 bits per heavy atom. The van der Waals surface area contributed by atoms with Crippen molar-refractivity contribution in [2.75, 3.05) is 18.6 Å². The number of methoxy groups -OCH3 is 1. The number of rotatable bonds is 6. The van der Waals surface area contributed by atoms with Gasteiger partial charge in [0.15, 0.2) is 12.0 Å². The average Bonchev–Trinajstić information content (AvgIpc) is 3.16. The van der Waals surface area contributed by atoms with E-state index >= 15 is 0 Å². The molecule has 1 aliphatic rings. The molecule has 1 unspecified atom stereocenters. The minimum absolute atomic E-state index is 0.0412. The van der Waals surface area contributed by atoms with Crippen LogP contribution in [0.5, 0.6) is 11.5 Å². The Labute approximate surface area is 198 Å². The Kier molecular flexibility index (Phi) is 5.44. The second-order valence-corrected chi connectivity index (χ2v) is 7.91. The molecule has 0 saturated carbocycles. The number of carbonyl (C=O) groups excluding carboxylic acids is 2. The highest BCUT2D eigenvalue weighted by Gasteiger charge is 2.43. The fourth-order valence-corrected chi connectivity index (χ4v) is 4.17. The van der Waals surface area contributed by atoms with E-state index in [1.165, 1.54) is 24.1 Å². The number of benzene rings is 3. The van der Waals surface area contributed by atoms with Crippen molar-refractivity contribution in [1.29, 1.82) is 0 Å². The molecule has 4 aromatic rings. The highest BCUT2D eigenvalue weighted by molar-refractivity contribution is 6.10. The number of amides is 2. The third-order valence-corrected chi connectivity index (χ3v) is 5.76. The molecule has 5 rings (SSSR count). The first kappa shape index (κ1) is 22.1. The molecule has 3 aromatic carbocycles. The van der Waals surface area contributed by atoms with Gasteiger partial charge >= 0.3 is 0 Å². The van der Waals surface area contributed by atoms with Crippen LogP contribution in [-0.4, -0.2) is 25.5 Å². The van der Waals surface area contributed by atoms with Crippen LogP contribution in [-0.2, 0) is 4.79 Å². The highest BCUT2D eigenvalue weighted by Crippen LogP contribution is 2.41. The van der Waals surface area contributed by atoms with E-state index < -0.39 is 29.1 Å². The van der Waals surface area contributed by atoms with E-state index in [-0.39, 0.29) is 28.9 Å². The fraction of sp³-hybridized carbons (Fsp3) is 0.115. The number of nitrogens with two attached hydrogens (primary N) is 1. The second kappa shape index (κ2) is 8.60. The predicted molar refractivity (Wildman–Crippen MR) is 125 cm³/mol. The number of hydrogen-bond acceptors (Lipinski definition) is 6. The Balaban J connectivity index is 1.68. The second-order valence-electron chi connectivity index (χ2n) is 7.91. The van der Waals surface area contributed by atoms with E-state index in [1.807, 2.05) is 0 Å². The number of carbonyl (C=O) groups is 2. The van der Waals surface area contributed by atoms with Crippen LogP contribution in [0.25, 0.3) is 11.0 Å². The molecule has 0 saturated heterocycles. The van der Waals surface area contributed by atoms with Gasteiger partial charge in [-0.2, -0.15) is 0 Å². The maximum Gasteiger partial charge on any atom is 0.295 e. The summed E-state index contributed by atoms with van der Waals surface area (Å²) < 4.78 is 30.3. The summed E-state index contributed by atoms with van der Waals surface area (Å²) in [5.41, 5.74) is 5.95. The maximum absolute atomic E-state index is 13.9. The summed E-state index contributed by atoms with van der Waals surface area (Å²) in [6, 6.07) is 16.1. The molecule has 2 heterocycles. The predicted octanol–water partition coefficient (Wildman–Crippen LogP) is 3.55. The van der Waals surface area contributed by atoms with Crippen LogP contribution >= 0.6 is 0 Å². The smallest absolute Gasteiger partial charge is 0.295 e. The topological polar surface area (TPSA) is 112 Å². The van der Waals surface area contributed by atoms with Crippen molar-refractivity contribution < 1.29 is 27.9 Å². The van der Waals surface area contributed by atoms with Gasteiger partial charge in [0.1, 0.15) is 22.9 Å². The number of anilines is 1. The summed E-state index contributed by atoms with van der Waals surface area (Å²) >= 11 is 0. The maximum atomic E-state index is 13.9. The molecule has 1 atom stereocenters. The van der Waals surface area contributed by atoms with Crippen LogP contribution in [0.3, 0.4) is 0 Å². The van der Waals surface area contributed by atoms with E-state index in [0.717, 1.165) is 6.07 Å². The van der Waals surface area contributed by atoms with Gasteiger partial charge in [0.2, 0.25) is 5.76 Å². The summed E-state index contributed by atoms with van der Waals surface area (Å²) in [5, 5.41) is 0.0412. The molecule has 0 aliphatic carbocycles. The van der Waals surface area contributed by atoms with Crippen molar-refractivity contribution in [2.45, 2.75) is 6.04 Å². The average molecular weight is 474 g/mol. The Hall–Kier alpha value is -4.66. The number of ether oxygens (including phenoxy) is 2. The number of nitrogens with zero attached hydrogens (tertiary/aromatic N) is 1. The molecule has 35 heavy (non-hydrogen) atoms. The fourth-order valence-electron chi connectivity index (χ4n) is 4.17. The Morgan fingerprint density at radius 2 is 1.71 bits per heavy atom. The summed E-state index contributed by atoms with van der Waals surface area (Å²) in [6.07, 6.45) is 0. The van der Waals surface area contributed by atoms with Crippen molar-refractivity contribution in [3.05, 3.63) is 99.7 Å². The Morgan fingerprint density at radius 1 is 1.03 bits per heavy atom. The van der Waals surface area contributed by atoms with Crippen LogP contribution in [0.2, 0.25) is 0 Å². The summed E-state index contributed by atoms with van der Waals surface area (Å²) in [5.74, 6) is -0.835. The molecule has 0 spiro atoms. The van der Waals surface area contributed by atoms with Crippen LogP contribution < -0.4 is 25.5 Å². The molecular weight excluding hydrogens is 455 g/mol. The molecule has 9 heteroatoms. The molecule has 8 nitrogen and oxygen atoms in total. The summed E-state index contributed by atoms with van der Waals surface area (Å²) in [7, 11) is 1.53. The first-order valence-corrected chi connectivity index (χ1v) is 10.6. The van der Waals surface area contributed by atoms with Gasteiger partial charge in [-0.3, -0.25) is 19.3 Å². The molecule has 0 fully saturated rings. The molecule has 2 amide bonds. The minimum Gasteiger partial charge on any atom is -0.497 e. The monoisotopic (exact) mass is 474 g/mol. The molecule has 1 aliphatic heterocycles. The van der Waals surface area contributed by atoms with Crippen LogP contribution in [0.15, 0.2) is 75.9 Å². The lowest BCUT2D eigenvalue weighted by molar-refractivity contribution is -0.119. The molecule has 0 bridgehead atoms. The van der Waals surface area contributed by atoms with E-state index in [0.29, 0.717) is 22.7 Å². The van der Waals surface area contributed by atoms with Crippen molar-refractivity contribution >= 4 is 28.5 Å². The largest absolute Gasteiger partial charge is 0.497 e. The van der Waals surface area contributed by atoms with Gasteiger partial charge in [0.05, 0.1) is 24.1 Å². The zero-order valence-electron chi connectivity index (χ0n) is 18.5. The first-order valence-electron chi connectivity index (χ1n) is 10.6. The third-order valence-electron chi connectivity index (χ3n) is 5.76. The van der Waals surface area contributed by atoms with Gasteiger partial charge in [0.25, 0.3) is 11.8 Å². The minimum atomic E-state index is -0.847. The molecule has 176 valence electrons. The van der Waals surface area contributed by atoms with Gasteiger partial charge in [-0.15, -0.1) is 0 Å². The summed E-state index contributed by atoms with van der Waals surface area (Å²) in [6.45, 7) is -0.288. The van der Waals surface area contributed by atoms with E-state index in [2.05, 4.69) is 0 Å². The van der Waals surface area contributed by atoms with Crippen molar-refractivity contribution in [2.24, 2.45) is 5.73 Å². The van der Waals surface area contributed by atoms with E-state index in [1.54, 1.807) is 48.5 Å². The van der Waals surface area contributed by atoms with Crippen LogP contribution in [0, 0.1) is 5.82 Å². The molecule has 1 aromatic heterocycles. The molecular formula is C26H19FN2O6. The lowest BCUT2D eigenvalue weighted by Gasteiger charge is -2.25. The summed E-state index contributed by atoms with van der Waals surface area (Å²) in [4.78, 5) is 39.5. The van der Waals surface area contributed by atoms with Gasteiger partial charge in [-0.25, -0.2) is 4.39 Å². The number of halogens is 1. The zero-order chi connectivity index (χ0) is 24.7.